The fourth-order valence-corrected chi connectivity index (χ4v) is 5.70. The minimum absolute atomic E-state index is 0.0822. The van der Waals surface area contributed by atoms with Crippen LogP contribution in [-0.2, 0) is 6.18 Å². The lowest BCUT2D eigenvalue weighted by atomic mass is 9.96. The largest absolute Gasteiger partial charge is 0.454 e. The summed E-state index contributed by atoms with van der Waals surface area (Å²) in [4.78, 5) is 6.54. The minimum atomic E-state index is -4.49. The Balaban J connectivity index is 1.53. The molecule has 1 N–H and O–H groups in total. The molecule has 194 valence electrons. The molecular weight excluding hydrogens is 513 g/mol. The first-order chi connectivity index (χ1) is 18.2. The number of rotatable bonds is 4. The van der Waals surface area contributed by atoms with Crippen LogP contribution in [0.5, 0.6) is 11.5 Å². The third kappa shape index (κ3) is 3.96. The van der Waals surface area contributed by atoms with Crippen LogP contribution in [0.2, 0.25) is 0 Å². The van der Waals surface area contributed by atoms with Crippen molar-refractivity contribution in [1.82, 2.24) is 14.9 Å². The molecule has 38 heavy (non-hydrogen) atoms. The summed E-state index contributed by atoms with van der Waals surface area (Å²) in [5.41, 5.74) is 3.13. The normalized spacial score (nSPS) is 18.7. The van der Waals surface area contributed by atoms with Crippen LogP contribution in [0.3, 0.4) is 0 Å². The summed E-state index contributed by atoms with van der Waals surface area (Å²) in [5.74, 6) is 1.25. The quantitative estimate of drug-likeness (QED) is 0.304. The maximum absolute atomic E-state index is 14.0. The Hall–Kier alpha value is -4.05. The molecule has 2 atom stereocenters. The van der Waals surface area contributed by atoms with Gasteiger partial charge in [-0.05, 0) is 74.1 Å². The first kappa shape index (κ1) is 24.3. The summed E-state index contributed by atoms with van der Waals surface area (Å²) in [7, 11) is 0. The van der Waals surface area contributed by atoms with Gasteiger partial charge in [0.15, 0.2) is 16.6 Å². The van der Waals surface area contributed by atoms with Crippen LogP contribution in [-0.4, -0.2) is 21.5 Å². The van der Waals surface area contributed by atoms with Gasteiger partial charge in [0.25, 0.3) is 0 Å². The van der Waals surface area contributed by atoms with Gasteiger partial charge in [0.05, 0.1) is 29.0 Å². The summed E-state index contributed by atoms with van der Waals surface area (Å²) >= 11 is 5.81. The van der Waals surface area contributed by atoms with Gasteiger partial charge in [0.1, 0.15) is 0 Å². The lowest BCUT2D eigenvalue weighted by Gasteiger charge is -2.28. The van der Waals surface area contributed by atoms with E-state index in [1.165, 1.54) is 12.1 Å². The maximum atomic E-state index is 14.0. The summed E-state index contributed by atoms with van der Waals surface area (Å²) in [6.45, 7) is 3.79. The number of nitrogens with one attached hydrogen (secondary N) is 1. The van der Waals surface area contributed by atoms with Gasteiger partial charge in [0, 0.05) is 29.3 Å². The number of benzene rings is 2. The van der Waals surface area contributed by atoms with Gasteiger partial charge in [-0.1, -0.05) is 18.2 Å². The van der Waals surface area contributed by atoms with Gasteiger partial charge < -0.3 is 24.3 Å². The number of thiocarbonyl (C=S) groups is 1. The second kappa shape index (κ2) is 9.05. The number of hydrogen-bond donors (Lipinski definition) is 1. The maximum Gasteiger partial charge on any atom is 0.418 e. The number of pyridine rings is 1. The third-order valence-electron chi connectivity index (χ3n) is 6.97. The second-order valence-electron chi connectivity index (χ2n) is 9.21. The Kier molecular flexibility index (Phi) is 5.79. The van der Waals surface area contributed by atoms with Crippen LogP contribution in [0.4, 0.5) is 18.9 Å². The molecule has 2 unspecified atom stereocenters. The topological polar surface area (TPSA) is 51.6 Å². The molecule has 2 aliphatic rings. The fourth-order valence-electron chi connectivity index (χ4n) is 5.35. The Morgan fingerprint density at radius 3 is 2.50 bits per heavy atom. The summed E-state index contributed by atoms with van der Waals surface area (Å²) in [6, 6.07) is 18.0. The number of nitrogens with zero attached hydrogens (tertiary/aromatic N) is 3. The van der Waals surface area contributed by atoms with Crippen molar-refractivity contribution in [2.45, 2.75) is 32.1 Å². The zero-order chi connectivity index (χ0) is 26.6. The van der Waals surface area contributed by atoms with Crippen LogP contribution >= 0.6 is 12.2 Å². The second-order valence-corrected chi connectivity index (χ2v) is 9.60. The van der Waals surface area contributed by atoms with Gasteiger partial charge in [0.2, 0.25) is 6.79 Å². The monoisotopic (exact) mass is 536 g/mol. The van der Waals surface area contributed by atoms with E-state index in [-0.39, 0.29) is 18.5 Å². The van der Waals surface area contributed by atoms with Gasteiger partial charge in [-0.25, -0.2) is 0 Å². The molecule has 2 aliphatic heterocycles. The first-order valence-electron chi connectivity index (χ1n) is 12.0. The summed E-state index contributed by atoms with van der Waals surface area (Å²) in [5, 5.41) is 3.88. The number of aryl methyl sites for hydroxylation is 1. The molecule has 6 rings (SSSR count). The number of fused-ring (bicyclic) bond motifs is 1. The predicted octanol–water partition coefficient (Wildman–Crippen LogP) is 6.41. The highest BCUT2D eigenvalue weighted by Crippen LogP contribution is 2.46. The summed E-state index contributed by atoms with van der Waals surface area (Å²) in [6.07, 6.45) is -2.78. The number of hydrogen-bond acceptors (Lipinski definition) is 4. The Morgan fingerprint density at radius 1 is 0.974 bits per heavy atom. The molecule has 10 heteroatoms. The van der Waals surface area contributed by atoms with Crippen LogP contribution < -0.4 is 19.7 Å². The van der Waals surface area contributed by atoms with Crippen LogP contribution in [0.15, 0.2) is 72.9 Å². The van der Waals surface area contributed by atoms with E-state index in [1.54, 1.807) is 16.8 Å². The van der Waals surface area contributed by atoms with Gasteiger partial charge in [-0.3, -0.25) is 4.98 Å². The SMILES string of the molecule is Cc1cc(C2C(c3ccccn3)NC(=S)N2c2ccc3c(c2)OCO3)c(C)n1-c1ccccc1C(F)(F)F. The molecule has 0 spiro atoms. The van der Waals surface area contributed by atoms with Gasteiger partial charge in [-0.15, -0.1) is 0 Å². The fraction of sp³-hybridized carbons (Fsp3) is 0.214. The minimum Gasteiger partial charge on any atom is -0.454 e. The first-order valence-corrected chi connectivity index (χ1v) is 12.4. The molecule has 0 amide bonds. The number of aromatic nitrogens is 2. The van der Waals surface area contributed by atoms with E-state index in [0.29, 0.717) is 28.0 Å². The standard InChI is InChI=1S/C28H23F3N4O2S/c1-16-13-19(17(2)34(16)22-9-4-3-7-20(22)28(29,30)31)26-25(21-8-5-6-12-32-21)33-27(38)35(26)18-10-11-23-24(14-18)37-15-36-23/h3-14,25-26H,15H2,1-2H3,(H,33,38). The molecule has 2 aromatic carbocycles. The van der Waals surface area contributed by atoms with E-state index in [0.717, 1.165) is 23.0 Å². The Labute approximate surface area is 222 Å². The molecule has 1 saturated heterocycles. The highest BCUT2D eigenvalue weighted by Gasteiger charge is 2.43. The van der Waals surface area contributed by atoms with Crippen molar-refractivity contribution in [3.05, 3.63) is 101 Å². The smallest absolute Gasteiger partial charge is 0.418 e. The Bertz CT molecular complexity index is 1540. The van der Waals surface area contributed by atoms with Crippen molar-refractivity contribution in [2.75, 3.05) is 11.7 Å². The lowest BCUT2D eigenvalue weighted by molar-refractivity contribution is -0.137. The van der Waals surface area contributed by atoms with Crippen molar-refractivity contribution in [3.63, 3.8) is 0 Å². The Morgan fingerprint density at radius 2 is 1.74 bits per heavy atom. The number of ether oxygens (including phenoxy) is 2. The molecular formula is C28H23F3N4O2S. The average molecular weight is 537 g/mol. The van der Waals surface area contributed by atoms with E-state index in [2.05, 4.69) is 10.3 Å². The van der Waals surface area contributed by atoms with Crippen LogP contribution in [0.1, 0.15) is 40.3 Å². The van der Waals surface area contributed by atoms with E-state index < -0.39 is 17.8 Å². The number of halogens is 3. The third-order valence-corrected chi connectivity index (χ3v) is 7.29. The van der Waals surface area contributed by atoms with Crippen molar-refractivity contribution in [2.24, 2.45) is 0 Å². The van der Waals surface area contributed by atoms with E-state index >= 15 is 0 Å². The molecule has 0 aliphatic carbocycles. The molecule has 0 bridgehead atoms. The number of para-hydroxylation sites is 1. The summed E-state index contributed by atoms with van der Waals surface area (Å²) < 4.78 is 54.6. The lowest BCUT2D eigenvalue weighted by Crippen LogP contribution is -2.29. The highest BCUT2D eigenvalue weighted by atomic mass is 32.1. The zero-order valence-corrected chi connectivity index (χ0v) is 21.3. The van der Waals surface area contributed by atoms with Crippen molar-refractivity contribution in [3.8, 4) is 17.2 Å². The van der Waals surface area contributed by atoms with Crippen molar-refractivity contribution < 1.29 is 22.6 Å². The van der Waals surface area contributed by atoms with Gasteiger partial charge >= 0.3 is 6.18 Å². The molecule has 4 heterocycles. The molecule has 6 nitrogen and oxygen atoms in total. The highest BCUT2D eigenvalue weighted by molar-refractivity contribution is 7.80. The molecule has 0 saturated carbocycles. The van der Waals surface area contributed by atoms with E-state index in [9.17, 15) is 13.2 Å². The molecule has 2 aromatic heterocycles. The zero-order valence-electron chi connectivity index (χ0n) is 20.5. The number of anilines is 1. The average Bonchev–Trinajstić information content (AvgIpc) is 3.58. The van der Waals surface area contributed by atoms with Crippen LogP contribution in [0, 0.1) is 13.8 Å². The van der Waals surface area contributed by atoms with E-state index in [1.807, 2.05) is 61.2 Å². The molecule has 1 fully saturated rings. The number of alkyl halides is 3. The molecule has 4 aromatic rings. The predicted molar refractivity (Wildman–Crippen MR) is 141 cm³/mol. The van der Waals surface area contributed by atoms with Crippen molar-refractivity contribution in [1.29, 1.82) is 0 Å². The van der Waals surface area contributed by atoms with Crippen LogP contribution in [0.25, 0.3) is 5.69 Å². The molecule has 0 radical (unpaired) electrons. The van der Waals surface area contributed by atoms with Crippen molar-refractivity contribution >= 4 is 23.0 Å². The van der Waals surface area contributed by atoms with E-state index in [4.69, 9.17) is 21.7 Å². The van der Waals surface area contributed by atoms with Gasteiger partial charge in [-0.2, -0.15) is 13.2 Å².